The van der Waals surface area contributed by atoms with Crippen LogP contribution in [0.3, 0.4) is 0 Å². The third-order valence-electron chi connectivity index (χ3n) is 3.44. The normalized spacial score (nSPS) is 16.4. The predicted molar refractivity (Wildman–Crippen MR) is 71.8 cm³/mol. The Hall–Kier alpha value is -0.340. The lowest BCUT2D eigenvalue weighted by molar-refractivity contribution is 0.194. The van der Waals surface area contributed by atoms with Crippen LogP contribution in [-0.4, -0.2) is 37.6 Å². The van der Waals surface area contributed by atoms with Crippen LogP contribution in [0.5, 0.6) is 0 Å². The summed E-state index contributed by atoms with van der Waals surface area (Å²) in [6, 6.07) is 0. The van der Waals surface area contributed by atoms with E-state index in [0.29, 0.717) is 0 Å². The smallest absolute Gasteiger partial charge is 0.0202 e. The van der Waals surface area contributed by atoms with Gasteiger partial charge in [-0.05, 0) is 43.8 Å². The van der Waals surface area contributed by atoms with E-state index in [1.807, 2.05) is 0 Å². The number of nitrogens with one attached hydrogen (secondary N) is 1. The van der Waals surface area contributed by atoms with Gasteiger partial charge in [0.15, 0.2) is 0 Å². The molecule has 0 aliphatic heterocycles. The van der Waals surface area contributed by atoms with E-state index in [2.05, 4.69) is 30.6 Å². The fourth-order valence-electron chi connectivity index (χ4n) is 2.16. The number of rotatable bonds is 9. The van der Waals surface area contributed by atoms with Crippen LogP contribution in [0.1, 0.15) is 39.5 Å². The molecule has 1 saturated carbocycles. The number of nitrogens with zero attached hydrogens (tertiary/aromatic N) is 1. The first kappa shape index (κ1) is 13.7. The van der Waals surface area contributed by atoms with Crippen molar-refractivity contribution in [2.24, 2.45) is 5.92 Å². The minimum absolute atomic E-state index is 0.969. The fourth-order valence-corrected chi connectivity index (χ4v) is 2.16. The first-order chi connectivity index (χ1) is 7.76. The van der Waals surface area contributed by atoms with Crippen molar-refractivity contribution in [1.29, 1.82) is 0 Å². The quantitative estimate of drug-likeness (QED) is 0.478. The SMILES string of the molecule is C=C(CNCCC)CN(CC)CC1CCC1. The molecule has 16 heavy (non-hydrogen) atoms. The summed E-state index contributed by atoms with van der Waals surface area (Å²) in [5, 5.41) is 3.42. The van der Waals surface area contributed by atoms with Crippen molar-refractivity contribution in [3.8, 4) is 0 Å². The second-order valence-electron chi connectivity index (χ2n) is 5.05. The van der Waals surface area contributed by atoms with Gasteiger partial charge in [0.1, 0.15) is 0 Å². The molecular weight excluding hydrogens is 196 g/mol. The Labute approximate surface area is 101 Å². The summed E-state index contributed by atoms with van der Waals surface area (Å²) in [5.74, 6) is 0.969. The maximum Gasteiger partial charge on any atom is 0.0202 e. The van der Waals surface area contributed by atoms with E-state index in [0.717, 1.165) is 32.1 Å². The van der Waals surface area contributed by atoms with Crippen LogP contribution in [0.4, 0.5) is 0 Å². The molecule has 0 amide bonds. The molecule has 1 aliphatic carbocycles. The molecule has 94 valence electrons. The first-order valence-corrected chi connectivity index (χ1v) is 6.86. The maximum atomic E-state index is 4.16. The lowest BCUT2D eigenvalue weighted by atomic mass is 9.85. The van der Waals surface area contributed by atoms with Crippen LogP contribution in [-0.2, 0) is 0 Å². The van der Waals surface area contributed by atoms with E-state index in [-0.39, 0.29) is 0 Å². The summed E-state index contributed by atoms with van der Waals surface area (Å²) >= 11 is 0. The summed E-state index contributed by atoms with van der Waals surface area (Å²) in [5.41, 5.74) is 1.33. The van der Waals surface area contributed by atoms with E-state index in [1.165, 1.54) is 37.8 Å². The van der Waals surface area contributed by atoms with Crippen LogP contribution in [0.15, 0.2) is 12.2 Å². The highest BCUT2D eigenvalue weighted by atomic mass is 15.1. The second-order valence-corrected chi connectivity index (χ2v) is 5.05. The average molecular weight is 224 g/mol. The molecule has 0 spiro atoms. The minimum Gasteiger partial charge on any atom is -0.313 e. The number of likely N-dealkylation sites (N-methyl/N-ethyl adjacent to an activating group) is 1. The van der Waals surface area contributed by atoms with Crippen molar-refractivity contribution in [3.63, 3.8) is 0 Å². The fraction of sp³-hybridized carbons (Fsp3) is 0.857. The van der Waals surface area contributed by atoms with Crippen LogP contribution in [0.25, 0.3) is 0 Å². The number of hydrogen-bond acceptors (Lipinski definition) is 2. The van der Waals surface area contributed by atoms with Crippen molar-refractivity contribution in [2.75, 3.05) is 32.7 Å². The summed E-state index contributed by atoms with van der Waals surface area (Å²) < 4.78 is 0. The summed E-state index contributed by atoms with van der Waals surface area (Å²) in [6.07, 6.45) is 5.53. The van der Waals surface area contributed by atoms with Gasteiger partial charge in [-0.1, -0.05) is 26.8 Å². The Morgan fingerprint density at radius 2 is 2.12 bits per heavy atom. The Bertz CT molecular complexity index is 197. The van der Waals surface area contributed by atoms with Gasteiger partial charge in [0.2, 0.25) is 0 Å². The molecule has 0 bridgehead atoms. The van der Waals surface area contributed by atoms with Crippen LogP contribution in [0, 0.1) is 5.92 Å². The maximum absolute atomic E-state index is 4.16. The van der Waals surface area contributed by atoms with E-state index < -0.39 is 0 Å². The van der Waals surface area contributed by atoms with Gasteiger partial charge in [-0.15, -0.1) is 0 Å². The van der Waals surface area contributed by atoms with Gasteiger partial charge in [-0.3, -0.25) is 4.90 Å². The molecule has 0 unspecified atom stereocenters. The Kier molecular flexibility index (Phi) is 6.74. The van der Waals surface area contributed by atoms with Crippen molar-refractivity contribution in [3.05, 3.63) is 12.2 Å². The van der Waals surface area contributed by atoms with Gasteiger partial charge in [0.05, 0.1) is 0 Å². The van der Waals surface area contributed by atoms with E-state index in [1.54, 1.807) is 0 Å². The van der Waals surface area contributed by atoms with Crippen molar-refractivity contribution in [1.82, 2.24) is 10.2 Å². The second kappa shape index (κ2) is 7.86. The molecule has 0 aromatic heterocycles. The summed E-state index contributed by atoms with van der Waals surface area (Å²) in [7, 11) is 0. The van der Waals surface area contributed by atoms with Gasteiger partial charge in [-0.25, -0.2) is 0 Å². The van der Waals surface area contributed by atoms with Gasteiger partial charge in [0.25, 0.3) is 0 Å². The topological polar surface area (TPSA) is 15.3 Å². The highest BCUT2D eigenvalue weighted by molar-refractivity contribution is 5.00. The highest BCUT2D eigenvalue weighted by Crippen LogP contribution is 2.27. The Balaban J connectivity index is 2.12. The van der Waals surface area contributed by atoms with E-state index in [4.69, 9.17) is 0 Å². The zero-order chi connectivity index (χ0) is 11.8. The van der Waals surface area contributed by atoms with Gasteiger partial charge < -0.3 is 5.32 Å². The molecule has 1 rings (SSSR count). The monoisotopic (exact) mass is 224 g/mol. The molecule has 0 atom stereocenters. The standard InChI is InChI=1S/C14H28N2/c1-4-9-15-10-13(3)11-16(5-2)12-14-7-6-8-14/h14-15H,3-12H2,1-2H3. The van der Waals surface area contributed by atoms with Crippen LogP contribution < -0.4 is 5.32 Å². The summed E-state index contributed by atoms with van der Waals surface area (Å²) in [4.78, 5) is 2.54. The molecule has 1 fully saturated rings. The third kappa shape index (κ3) is 5.13. The molecule has 2 heteroatoms. The van der Waals surface area contributed by atoms with Gasteiger partial charge >= 0.3 is 0 Å². The zero-order valence-electron chi connectivity index (χ0n) is 11.1. The van der Waals surface area contributed by atoms with E-state index in [9.17, 15) is 0 Å². The minimum atomic E-state index is 0.969. The van der Waals surface area contributed by atoms with Crippen molar-refractivity contribution in [2.45, 2.75) is 39.5 Å². The third-order valence-corrected chi connectivity index (χ3v) is 3.44. The van der Waals surface area contributed by atoms with Gasteiger partial charge in [0, 0.05) is 19.6 Å². The molecular formula is C14H28N2. The Morgan fingerprint density at radius 1 is 1.38 bits per heavy atom. The highest BCUT2D eigenvalue weighted by Gasteiger charge is 2.19. The molecule has 0 radical (unpaired) electrons. The molecule has 0 aromatic rings. The molecule has 2 nitrogen and oxygen atoms in total. The average Bonchev–Trinajstić information content (AvgIpc) is 2.22. The molecule has 1 N–H and O–H groups in total. The molecule has 0 saturated heterocycles. The number of hydrogen-bond donors (Lipinski definition) is 1. The largest absolute Gasteiger partial charge is 0.313 e. The van der Waals surface area contributed by atoms with Crippen molar-refractivity contribution >= 4 is 0 Å². The van der Waals surface area contributed by atoms with Crippen molar-refractivity contribution < 1.29 is 0 Å². The summed E-state index contributed by atoms with van der Waals surface area (Å²) in [6.45, 7) is 14.2. The van der Waals surface area contributed by atoms with Crippen LogP contribution >= 0.6 is 0 Å². The molecule has 0 heterocycles. The lowest BCUT2D eigenvalue weighted by Crippen LogP contribution is -2.35. The zero-order valence-corrected chi connectivity index (χ0v) is 11.1. The predicted octanol–water partition coefficient (Wildman–Crippen LogP) is 2.66. The molecule has 0 aromatic carbocycles. The lowest BCUT2D eigenvalue weighted by Gasteiger charge is -2.32. The Morgan fingerprint density at radius 3 is 2.62 bits per heavy atom. The first-order valence-electron chi connectivity index (χ1n) is 6.86. The van der Waals surface area contributed by atoms with Gasteiger partial charge in [-0.2, -0.15) is 0 Å². The van der Waals surface area contributed by atoms with E-state index >= 15 is 0 Å². The molecule has 1 aliphatic rings. The van der Waals surface area contributed by atoms with Crippen LogP contribution in [0.2, 0.25) is 0 Å².